The van der Waals surface area contributed by atoms with Crippen LogP contribution in [0.5, 0.6) is 11.5 Å². The van der Waals surface area contributed by atoms with Crippen LogP contribution in [0.4, 0.5) is 0 Å². The van der Waals surface area contributed by atoms with Crippen molar-refractivity contribution in [2.45, 2.75) is 17.7 Å². The van der Waals surface area contributed by atoms with Crippen LogP contribution in [0.3, 0.4) is 0 Å². The van der Waals surface area contributed by atoms with Gasteiger partial charge in [0.2, 0.25) is 10.0 Å². The number of rotatable bonds is 5. The number of ether oxygens (including phenoxy) is 3. The molecule has 0 spiro atoms. The van der Waals surface area contributed by atoms with Crippen LogP contribution in [-0.2, 0) is 19.6 Å². The van der Waals surface area contributed by atoms with E-state index < -0.39 is 10.0 Å². The van der Waals surface area contributed by atoms with E-state index in [1.165, 1.54) is 16.4 Å². The highest BCUT2D eigenvalue weighted by Gasteiger charge is 2.33. The van der Waals surface area contributed by atoms with Gasteiger partial charge in [0.15, 0.2) is 11.5 Å². The van der Waals surface area contributed by atoms with Crippen LogP contribution >= 0.6 is 11.6 Å². The van der Waals surface area contributed by atoms with Gasteiger partial charge in [-0.1, -0.05) is 18.2 Å². The second-order valence-corrected chi connectivity index (χ2v) is 8.58. The molecule has 0 atom stereocenters. The first kappa shape index (κ1) is 19.0. The Morgan fingerprint density at radius 2 is 1.88 bits per heavy atom. The van der Waals surface area contributed by atoms with Crippen LogP contribution in [0.1, 0.15) is 12.8 Å². The van der Waals surface area contributed by atoms with Gasteiger partial charge in [-0.05, 0) is 25.0 Å². The summed E-state index contributed by atoms with van der Waals surface area (Å²) in [4.78, 5) is 12.1. The molecule has 1 aromatic rings. The molecule has 0 amide bonds. The molecule has 7 nitrogen and oxygen atoms in total. The minimum Gasteiger partial charge on any atom is -0.486 e. The highest BCUT2D eigenvalue weighted by Crippen LogP contribution is 2.34. The van der Waals surface area contributed by atoms with Crippen LogP contribution in [-0.4, -0.2) is 51.6 Å². The lowest BCUT2D eigenvalue weighted by molar-refractivity contribution is -0.148. The van der Waals surface area contributed by atoms with Crippen LogP contribution in [0.2, 0.25) is 0 Å². The van der Waals surface area contributed by atoms with Crippen molar-refractivity contribution in [2.75, 3.05) is 32.9 Å². The summed E-state index contributed by atoms with van der Waals surface area (Å²) < 4.78 is 43.0. The van der Waals surface area contributed by atoms with Crippen LogP contribution in [0.25, 0.3) is 0 Å². The predicted molar refractivity (Wildman–Crippen MR) is 94.9 cm³/mol. The maximum atomic E-state index is 12.8. The molecule has 3 rings (SSSR count). The smallest absolute Gasteiger partial charge is 0.309 e. The number of sulfonamides is 1. The largest absolute Gasteiger partial charge is 0.486 e. The molecular formula is C17H20ClNO6S. The predicted octanol–water partition coefficient (Wildman–Crippen LogP) is 2.15. The van der Waals surface area contributed by atoms with E-state index in [0.29, 0.717) is 37.6 Å². The Labute approximate surface area is 157 Å². The van der Waals surface area contributed by atoms with Gasteiger partial charge in [0.1, 0.15) is 19.8 Å². The van der Waals surface area contributed by atoms with Crippen molar-refractivity contribution >= 4 is 27.6 Å². The summed E-state index contributed by atoms with van der Waals surface area (Å²) in [6.07, 6.45) is 0.800. The second-order valence-electron chi connectivity index (χ2n) is 6.11. The first-order valence-electron chi connectivity index (χ1n) is 8.27. The Kier molecular flexibility index (Phi) is 5.74. The van der Waals surface area contributed by atoms with E-state index in [1.807, 2.05) is 0 Å². The number of benzene rings is 1. The van der Waals surface area contributed by atoms with Gasteiger partial charge in [-0.2, -0.15) is 4.31 Å². The van der Waals surface area contributed by atoms with E-state index in [4.69, 9.17) is 25.8 Å². The van der Waals surface area contributed by atoms with Crippen LogP contribution < -0.4 is 9.47 Å². The topological polar surface area (TPSA) is 82.1 Å². The average Bonchev–Trinajstić information content (AvgIpc) is 2.65. The number of fused-ring (bicyclic) bond motifs is 1. The lowest BCUT2D eigenvalue weighted by Crippen LogP contribution is -2.40. The van der Waals surface area contributed by atoms with Gasteiger partial charge >= 0.3 is 5.97 Å². The number of carbonyl (C=O) groups excluding carboxylic acids is 1. The summed E-state index contributed by atoms with van der Waals surface area (Å²) in [5.41, 5.74) is 0. The van der Waals surface area contributed by atoms with Crippen molar-refractivity contribution in [1.82, 2.24) is 4.31 Å². The third-order valence-corrected chi connectivity index (χ3v) is 6.31. The van der Waals surface area contributed by atoms with E-state index in [2.05, 4.69) is 6.58 Å². The minimum absolute atomic E-state index is 0.0316. The van der Waals surface area contributed by atoms with Crippen molar-refractivity contribution in [3.8, 4) is 11.5 Å². The highest BCUT2D eigenvalue weighted by molar-refractivity contribution is 7.89. The van der Waals surface area contributed by atoms with Gasteiger partial charge in [0.25, 0.3) is 0 Å². The number of hydrogen-bond acceptors (Lipinski definition) is 6. The number of nitrogens with zero attached hydrogens (tertiary/aromatic N) is 1. The fourth-order valence-corrected chi connectivity index (χ4v) is 4.47. The molecule has 2 heterocycles. The number of piperidine rings is 1. The normalized spacial score (nSPS) is 18.3. The van der Waals surface area contributed by atoms with E-state index in [9.17, 15) is 13.2 Å². The quantitative estimate of drug-likeness (QED) is 0.703. The third kappa shape index (κ3) is 4.13. The lowest BCUT2D eigenvalue weighted by atomic mass is 9.98. The summed E-state index contributed by atoms with van der Waals surface area (Å²) >= 11 is 5.58. The summed E-state index contributed by atoms with van der Waals surface area (Å²) in [6, 6.07) is 4.59. The third-order valence-electron chi connectivity index (χ3n) is 4.31. The molecule has 2 aliphatic rings. The first-order chi connectivity index (χ1) is 12.4. The molecule has 0 aromatic heterocycles. The van der Waals surface area contributed by atoms with E-state index in [1.54, 1.807) is 6.07 Å². The average molecular weight is 402 g/mol. The van der Waals surface area contributed by atoms with Gasteiger partial charge < -0.3 is 14.2 Å². The van der Waals surface area contributed by atoms with Crippen molar-refractivity contribution in [2.24, 2.45) is 5.92 Å². The van der Waals surface area contributed by atoms with Gasteiger partial charge in [0.05, 0.1) is 10.8 Å². The van der Waals surface area contributed by atoms with Gasteiger partial charge in [-0.3, -0.25) is 4.79 Å². The van der Waals surface area contributed by atoms with Crippen LogP contribution in [0, 0.1) is 5.92 Å². The monoisotopic (exact) mass is 401 g/mol. The maximum absolute atomic E-state index is 12.8. The zero-order chi connectivity index (χ0) is 18.7. The molecule has 0 radical (unpaired) electrons. The van der Waals surface area contributed by atoms with Crippen LogP contribution in [0.15, 0.2) is 34.7 Å². The number of carbonyl (C=O) groups is 1. The van der Waals surface area contributed by atoms with Gasteiger partial charge in [0, 0.05) is 24.2 Å². The van der Waals surface area contributed by atoms with E-state index in [0.717, 1.165) is 0 Å². The molecule has 0 bridgehead atoms. The Hall–Kier alpha value is -1.77. The summed E-state index contributed by atoms with van der Waals surface area (Å²) in [7, 11) is -3.66. The Balaban J connectivity index is 1.65. The van der Waals surface area contributed by atoms with Crippen molar-refractivity contribution in [3.63, 3.8) is 0 Å². The number of halogens is 1. The summed E-state index contributed by atoms with van der Waals surface area (Å²) in [5, 5.41) is 0.247. The molecule has 0 N–H and O–H groups in total. The molecule has 0 aliphatic carbocycles. The zero-order valence-electron chi connectivity index (χ0n) is 14.1. The standard InChI is InChI=1S/C17H20ClNO6S/c1-12(18)11-25-17(20)13-4-6-19(7-5-13)26(21,22)14-2-3-15-16(10-14)24-9-8-23-15/h2-3,10,13H,1,4-9,11H2. The maximum Gasteiger partial charge on any atom is 0.309 e. The van der Waals surface area contributed by atoms with Gasteiger partial charge in [-0.25, -0.2) is 8.42 Å². The molecular weight excluding hydrogens is 382 g/mol. The zero-order valence-corrected chi connectivity index (χ0v) is 15.7. The fourth-order valence-electron chi connectivity index (χ4n) is 2.93. The van der Waals surface area contributed by atoms with E-state index in [-0.39, 0.29) is 41.5 Å². The SMILES string of the molecule is C=C(Cl)COC(=O)C1CCN(S(=O)(=O)c2ccc3c(c2)OCCO3)CC1. The lowest BCUT2D eigenvalue weighted by Gasteiger charge is -2.30. The minimum atomic E-state index is -3.66. The Bertz CT molecular complexity index is 801. The first-order valence-corrected chi connectivity index (χ1v) is 10.1. The molecule has 1 aromatic carbocycles. The van der Waals surface area contributed by atoms with Crippen molar-refractivity contribution in [3.05, 3.63) is 29.8 Å². The summed E-state index contributed by atoms with van der Waals surface area (Å²) in [5.74, 6) is 0.260. The molecule has 2 aliphatic heterocycles. The molecule has 9 heteroatoms. The molecule has 26 heavy (non-hydrogen) atoms. The molecule has 142 valence electrons. The Morgan fingerprint density at radius 1 is 1.23 bits per heavy atom. The highest BCUT2D eigenvalue weighted by atomic mass is 35.5. The fraction of sp³-hybridized carbons (Fsp3) is 0.471. The van der Waals surface area contributed by atoms with Gasteiger partial charge in [-0.15, -0.1) is 0 Å². The Morgan fingerprint density at radius 3 is 2.54 bits per heavy atom. The van der Waals surface area contributed by atoms with E-state index >= 15 is 0 Å². The molecule has 1 fully saturated rings. The molecule has 0 saturated carbocycles. The van der Waals surface area contributed by atoms with Crippen molar-refractivity contribution in [1.29, 1.82) is 0 Å². The molecule has 1 saturated heterocycles. The van der Waals surface area contributed by atoms with Crippen molar-refractivity contribution < 1.29 is 27.4 Å². The number of esters is 1. The second kappa shape index (κ2) is 7.85. The number of hydrogen-bond donors (Lipinski definition) is 0. The molecule has 0 unspecified atom stereocenters. The summed E-state index contributed by atoms with van der Waals surface area (Å²) in [6.45, 7) is 4.76.